The van der Waals surface area contributed by atoms with Gasteiger partial charge in [-0.15, -0.1) is 0 Å². The number of hydrogen-bond acceptors (Lipinski definition) is 5. The van der Waals surface area contributed by atoms with Gasteiger partial charge in [0.25, 0.3) is 21.6 Å². The number of anilines is 1. The second kappa shape index (κ2) is 8.17. The largest absolute Gasteiger partial charge is 0.339 e. The normalized spacial score (nSPS) is 11.1. The molecule has 0 aliphatic heterocycles. The predicted molar refractivity (Wildman–Crippen MR) is 102 cm³/mol. The lowest BCUT2D eigenvalue weighted by molar-refractivity contribution is -0.385. The highest BCUT2D eigenvalue weighted by Gasteiger charge is 2.20. The van der Waals surface area contributed by atoms with E-state index in [0.717, 1.165) is 6.07 Å². The summed E-state index contributed by atoms with van der Waals surface area (Å²) < 4.78 is 27.4. The number of aryl methyl sites for hydroxylation is 1. The van der Waals surface area contributed by atoms with Crippen molar-refractivity contribution in [2.24, 2.45) is 0 Å². The molecule has 0 aliphatic carbocycles. The van der Waals surface area contributed by atoms with Crippen LogP contribution in [-0.4, -0.2) is 37.2 Å². The molecule has 27 heavy (non-hydrogen) atoms. The standard InChI is InChI=1S/C18H21N3O5S/c1-4-20(5-2)18(22)14-7-9-15(10-8-14)19-27(25,26)16-11-6-13(3)17(12-16)21(23)24/h6-12,19H,4-5H2,1-3H3. The number of nitro groups is 1. The lowest BCUT2D eigenvalue weighted by Gasteiger charge is -2.18. The molecular weight excluding hydrogens is 370 g/mol. The quantitative estimate of drug-likeness (QED) is 0.576. The molecule has 0 aliphatic rings. The Morgan fingerprint density at radius 3 is 2.22 bits per heavy atom. The van der Waals surface area contributed by atoms with Gasteiger partial charge in [-0.3, -0.25) is 19.6 Å². The molecule has 8 nitrogen and oxygen atoms in total. The van der Waals surface area contributed by atoms with E-state index in [-0.39, 0.29) is 22.2 Å². The van der Waals surface area contributed by atoms with Crippen LogP contribution in [0.1, 0.15) is 29.8 Å². The Bertz CT molecular complexity index is 951. The third-order valence-electron chi connectivity index (χ3n) is 4.12. The maximum atomic E-state index is 12.5. The van der Waals surface area contributed by atoms with Gasteiger partial charge in [0.1, 0.15) is 0 Å². The fourth-order valence-electron chi connectivity index (χ4n) is 2.54. The summed E-state index contributed by atoms with van der Waals surface area (Å²) in [5, 5.41) is 11.0. The second-order valence-corrected chi connectivity index (χ2v) is 7.55. The van der Waals surface area contributed by atoms with Crippen LogP contribution in [0.2, 0.25) is 0 Å². The first-order valence-corrected chi connectivity index (χ1v) is 9.85. The maximum Gasteiger partial charge on any atom is 0.273 e. The van der Waals surface area contributed by atoms with E-state index < -0.39 is 14.9 Å². The SMILES string of the molecule is CCN(CC)C(=O)c1ccc(NS(=O)(=O)c2ccc(C)c([N+](=O)[O-])c2)cc1. The van der Waals surface area contributed by atoms with Crippen molar-refractivity contribution in [1.29, 1.82) is 0 Å². The van der Waals surface area contributed by atoms with Gasteiger partial charge in [0.15, 0.2) is 0 Å². The monoisotopic (exact) mass is 391 g/mol. The molecule has 9 heteroatoms. The first-order valence-electron chi connectivity index (χ1n) is 8.36. The summed E-state index contributed by atoms with van der Waals surface area (Å²) in [7, 11) is -3.99. The smallest absolute Gasteiger partial charge is 0.273 e. The summed E-state index contributed by atoms with van der Waals surface area (Å²) in [6, 6.07) is 9.76. The van der Waals surface area contributed by atoms with E-state index in [2.05, 4.69) is 4.72 Å². The van der Waals surface area contributed by atoms with Gasteiger partial charge in [0.05, 0.1) is 9.82 Å². The lowest BCUT2D eigenvalue weighted by Crippen LogP contribution is -2.30. The van der Waals surface area contributed by atoms with Gasteiger partial charge in [0, 0.05) is 36.0 Å². The van der Waals surface area contributed by atoms with Crippen molar-refractivity contribution in [3.8, 4) is 0 Å². The van der Waals surface area contributed by atoms with Crippen molar-refractivity contribution < 1.29 is 18.1 Å². The van der Waals surface area contributed by atoms with Crippen LogP contribution in [0.4, 0.5) is 11.4 Å². The fraction of sp³-hybridized carbons (Fsp3) is 0.278. The summed E-state index contributed by atoms with van der Waals surface area (Å²) in [6.07, 6.45) is 0. The Morgan fingerprint density at radius 2 is 1.70 bits per heavy atom. The van der Waals surface area contributed by atoms with Gasteiger partial charge in [0.2, 0.25) is 0 Å². The number of nitrogens with zero attached hydrogens (tertiary/aromatic N) is 2. The van der Waals surface area contributed by atoms with E-state index in [1.807, 2.05) is 13.8 Å². The van der Waals surface area contributed by atoms with Gasteiger partial charge in [-0.05, 0) is 51.1 Å². The van der Waals surface area contributed by atoms with Crippen molar-refractivity contribution in [2.75, 3.05) is 17.8 Å². The van der Waals surface area contributed by atoms with E-state index in [0.29, 0.717) is 24.2 Å². The summed E-state index contributed by atoms with van der Waals surface area (Å²) in [4.78, 5) is 24.1. The van der Waals surface area contributed by atoms with Crippen LogP contribution >= 0.6 is 0 Å². The molecule has 2 rings (SSSR count). The zero-order valence-electron chi connectivity index (χ0n) is 15.3. The van der Waals surface area contributed by atoms with E-state index in [1.54, 1.807) is 4.90 Å². The number of nitrogens with one attached hydrogen (secondary N) is 1. The Labute approximate surface area is 158 Å². The number of sulfonamides is 1. The highest BCUT2D eigenvalue weighted by molar-refractivity contribution is 7.92. The Morgan fingerprint density at radius 1 is 1.11 bits per heavy atom. The topological polar surface area (TPSA) is 110 Å². The molecule has 0 heterocycles. The molecule has 1 amide bonds. The number of rotatable bonds is 7. The molecule has 0 saturated heterocycles. The van der Waals surface area contributed by atoms with Crippen LogP contribution in [0, 0.1) is 17.0 Å². The zero-order valence-corrected chi connectivity index (χ0v) is 16.1. The van der Waals surface area contributed by atoms with Gasteiger partial charge in [-0.25, -0.2) is 8.42 Å². The molecule has 0 bridgehead atoms. The van der Waals surface area contributed by atoms with Crippen molar-refractivity contribution in [1.82, 2.24) is 4.90 Å². The molecule has 0 atom stereocenters. The lowest BCUT2D eigenvalue weighted by atomic mass is 10.2. The van der Waals surface area contributed by atoms with Crippen LogP contribution in [0.3, 0.4) is 0 Å². The van der Waals surface area contributed by atoms with Crippen molar-refractivity contribution >= 4 is 27.3 Å². The van der Waals surface area contributed by atoms with Crippen molar-refractivity contribution in [3.05, 3.63) is 63.7 Å². The van der Waals surface area contributed by atoms with Gasteiger partial charge in [-0.2, -0.15) is 0 Å². The highest BCUT2D eigenvalue weighted by atomic mass is 32.2. The Balaban J connectivity index is 2.25. The van der Waals surface area contributed by atoms with Crippen molar-refractivity contribution in [3.63, 3.8) is 0 Å². The predicted octanol–water partition coefficient (Wildman–Crippen LogP) is 3.19. The summed E-state index contributed by atoms with van der Waals surface area (Å²) in [6.45, 7) is 6.45. The van der Waals surface area contributed by atoms with Gasteiger partial charge in [-0.1, -0.05) is 6.07 Å². The summed E-state index contributed by atoms with van der Waals surface area (Å²) in [5.41, 5.74) is 0.818. The first kappa shape index (κ1) is 20.4. The molecule has 2 aromatic rings. The second-order valence-electron chi connectivity index (χ2n) is 5.87. The Kier molecular flexibility index (Phi) is 6.17. The molecule has 0 saturated carbocycles. The van der Waals surface area contributed by atoms with Crippen LogP contribution in [0.25, 0.3) is 0 Å². The average molecular weight is 391 g/mol. The average Bonchev–Trinajstić information content (AvgIpc) is 2.62. The number of carbonyl (C=O) groups excluding carboxylic acids is 1. The number of nitro benzene ring substituents is 1. The van der Waals surface area contributed by atoms with E-state index in [9.17, 15) is 23.3 Å². The molecule has 0 aromatic heterocycles. The molecule has 1 N–H and O–H groups in total. The third kappa shape index (κ3) is 4.62. The van der Waals surface area contributed by atoms with E-state index in [4.69, 9.17) is 0 Å². The minimum Gasteiger partial charge on any atom is -0.339 e. The summed E-state index contributed by atoms with van der Waals surface area (Å²) >= 11 is 0. The van der Waals surface area contributed by atoms with Crippen LogP contribution in [0.5, 0.6) is 0 Å². The van der Waals surface area contributed by atoms with Crippen molar-refractivity contribution in [2.45, 2.75) is 25.7 Å². The number of amides is 1. The third-order valence-corrected chi connectivity index (χ3v) is 5.50. The minimum atomic E-state index is -3.99. The van der Waals surface area contributed by atoms with E-state index >= 15 is 0 Å². The number of carbonyl (C=O) groups is 1. The molecule has 0 radical (unpaired) electrons. The first-order chi connectivity index (χ1) is 12.7. The number of benzene rings is 2. The summed E-state index contributed by atoms with van der Waals surface area (Å²) in [5.74, 6) is -0.136. The zero-order chi connectivity index (χ0) is 20.2. The molecule has 0 spiro atoms. The van der Waals surface area contributed by atoms with E-state index in [1.165, 1.54) is 43.3 Å². The minimum absolute atomic E-state index is 0.136. The van der Waals surface area contributed by atoms with Gasteiger partial charge < -0.3 is 4.90 Å². The fourth-order valence-corrected chi connectivity index (χ4v) is 3.62. The molecule has 144 valence electrons. The number of hydrogen-bond donors (Lipinski definition) is 1. The maximum absolute atomic E-state index is 12.5. The molecule has 2 aromatic carbocycles. The van der Waals surface area contributed by atoms with Crippen LogP contribution in [0.15, 0.2) is 47.4 Å². The molecule has 0 unspecified atom stereocenters. The molecule has 0 fully saturated rings. The van der Waals surface area contributed by atoms with Crippen LogP contribution < -0.4 is 4.72 Å². The van der Waals surface area contributed by atoms with Gasteiger partial charge >= 0.3 is 0 Å². The van der Waals surface area contributed by atoms with Crippen LogP contribution in [-0.2, 0) is 10.0 Å². The highest BCUT2D eigenvalue weighted by Crippen LogP contribution is 2.24. The molecular formula is C18H21N3O5S. The Hall–Kier alpha value is -2.94.